The van der Waals surface area contributed by atoms with Crippen molar-refractivity contribution >= 4 is 31.9 Å². The molecule has 0 nitrogen and oxygen atoms in total. The number of hydrogen-bond acceptors (Lipinski definition) is 0. The number of alkyl halides is 2. The van der Waals surface area contributed by atoms with Crippen molar-refractivity contribution in [2.24, 2.45) is 0 Å². The van der Waals surface area contributed by atoms with Crippen molar-refractivity contribution in [3.05, 3.63) is 35.9 Å². The molecule has 0 amide bonds. The summed E-state index contributed by atoms with van der Waals surface area (Å²) in [5, 5.41) is 2.11. The zero-order valence-electron chi connectivity index (χ0n) is 7.97. The number of hydrogen-bond donors (Lipinski definition) is 0. The maximum atomic E-state index is 3.36. The van der Waals surface area contributed by atoms with E-state index in [-0.39, 0.29) is 0 Å². The van der Waals surface area contributed by atoms with Crippen LogP contribution in [-0.4, -0.2) is 5.33 Å². The Morgan fingerprint density at radius 2 is 1.69 bits per heavy atom. The van der Waals surface area contributed by atoms with E-state index in [1.165, 1.54) is 18.4 Å². The Bertz CT molecular complexity index is 183. The van der Waals surface area contributed by atoms with Gasteiger partial charge >= 0.3 is 0 Å². The summed E-state index contributed by atoms with van der Waals surface area (Å²) in [4.78, 5) is 0. The van der Waals surface area contributed by atoms with Crippen LogP contribution in [0.2, 0.25) is 0 Å². The van der Waals surface area contributed by atoms with Gasteiger partial charge in [0.15, 0.2) is 0 Å². The average molecular weight is 308 g/mol. The Hall–Kier alpha value is 0.180. The van der Waals surface area contributed by atoms with Crippen LogP contribution < -0.4 is 0 Å². The molecule has 0 aromatic heterocycles. The van der Waals surface area contributed by atoms with Gasteiger partial charge in [-0.05, 0) is 12.0 Å². The molecular formula is C11H16Br2. The number of rotatable bonds is 3. The normalized spacial score (nSPS) is 8.85. The summed E-state index contributed by atoms with van der Waals surface area (Å²) in [6.07, 6.45) is 2.60. The van der Waals surface area contributed by atoms with Crippen LogP contribution in [0.5, 0.6) is 0 Å². The Kier molecular flexibility index (Phi) is 10.4. The van der Waals surface area contributed by atoms with Gasteiger partial charge in [0.2, 0.25) is 0 Å². The van der Waals surface area contributed by atoms with Gasteiger partial charge in [0, 0.05) is 10.7 Å². The third-order valence-corrected chi connectivity index (χ3v) is 2.69. The maximum Gasteiger partial charge on any atom is 0.0283 e. The highest BCUT2D eigenvalue weighted by Gasteiger charge is 1.81. The molecule has 0 spiro atoms. The Labute approximate surface area is 98.0 Å². The Morgan fingerprint density at radius 3 is 1.92 bits per heavy atom. The molecule has 0 unspecified atom stereocenters. The molecule has 0 aliphatic rings. The maximum absolute atomic E-state index is 3.36. The highest BCUT2D eigenvalue weighted by atomic mass is 79.9. The lowest BCUT2D eigenvalue weighted by atomic mass is 10.2. The topological polar surface area (TPSA) is 0 Å². The van der Waals surface area contributed by atoms with Gasteiger partial charge in [0.05, 0.1) is 0 Å². The predicted molar refractivity (Wildman–Crippen MR) is 67.8 cm³/mol. The van der Waals surface area contributed by atoms with Crippen molar-refractivity contribution in [3.63, 3.8) is 0 Å². The van der Waals surface area contributed by atoms with Crippen LogP contribution in [0.25, 0.3) is 0 Å². The minimum Gasteiger partial charge on any atom is -0.0928 e. The summed E-state index contributed by atoms with van der Waals surface area (Å²) < 4.78 is 0. The quantitative estimate of drug-likeness (QED) is 0.706. The molecule has 0 radical (unpaired) electrons. The summed E-state index contributed by atoms with van der Waals surface area (Å²) in [5.74, 6) is 0. The standard InChI is InChI=1S/C7H7Br.C4H9Br/c8-6-7-4-2-1-3-5-7;1-2-3-4-5/h1-5H,6H2;2-4H2,1H3. The van der Waals surface area contributed by atoms with E-state index < -0.39 is 0 Å². The van der Waals surface area contributed by atoms with Crippen molar-refractivity contribution < 1.29 is 0 Å². The number of benzene rings is 1. The largest absolute Gasteiger partial charge is 0.0928 e. The van der Waals surface area contributed by atoms with E-state index in [1.807, 2.05) is 18.2 Å². The Morgan fingerprint density at radius 1 is 1.08 bits per heavy atom. The summed E-state index contributed by atoms with van der Waals surface area (Å²) >= 11 is 6.67. The van der Waals surface area contributed by atoms with Gasteiger partial charge in [-0.1, -0.05) is 75.5 Å². The van der Waals surface area contributed by atoms with Crippen LogP contribution in [0.3, 0.4) is 0 Å². The zero-order valence-corrected chi connectivity index (χ0v) is 11.1. The first kappa shape index (κ1) is 13.2. The molecule has 0 saturated heterocycles. The molecule has 0 fully saturated rings. The van der Waals surface area contributed by atoms with E-state index in [1.54, 1.807) is 0 Å². The van der Waals surface area contributed by atoms with Crippen LogP contribution in [-0.2, 0) is 5.33 Å². The van der Waals surface area contributed by atoms with Gasteiger partial charge in [0.1, 0.15) is 0 Å². The molecule has 0 heterocycles. The van der Waals surface area contributed by atoms with E-state index >= 15 is 0 Å². The molecule has 0 bridgehead atoms. The molecular weight excluding hydrogens is 292 g/mol. The fourth-order valence-electron chi connectivity index (χ4n) is 0.701. The lowest BCUT2D eigenvalue weighted by Crippen LogP contribution is -1.70. The monoisotopic (exact) mass is 306 g/mol. The lowest BCUT2D eigenvalue weighted by molar-refractivity contribution is 0.902. The highest BCUT2D eigenvalue weighted by molar-refractivity contribution is 9.09. The minimum atomic E-state index is 0.952. The van der Waals surface area contributed by atoms with Crippen LogP contribution in [0.1, 0.15) is 25.3 Å². The van der Waals surface area contributed by atoms with Crippen LogP contribution >= 0.6 is 31.9 Å². The van der Waals surface area contributed by atoms with Gasteiger partial charge in [-0.3, -0.25) is 0 Å². The van der Waals surface area contributed by atoms with E-state index in [2.05, 4.69) is 50.9 Å². The van der Waals surface area contributed by atoms with Crippen molar-refractivity contribution in [3.8, 4) is 0 Å². The first-order valence-corrected chi connectivity index (χ1v) is 6.75. The van der Waals surface area contributed by atoms with Crippen molar-refractivity contribution in [2.75, 3.05) is 5.33 Å². The molecule has 1 rings (SSSR count). The number of unbranched alkanes of at least 4 members (excludes halogenated alkanes) is 1. The van der Waals surface area contributed by atoms with Gasteiger partial charge in [-0.15, -0.1) is 0 Å². The summed E-state index contributed by atoms with van der Waals surface area (Å²) in [6, 6.07) is 10.3. The molecule has 0 N–H and O–H groups in total. The SMILES string of the molecule is BrCc1ccccc1.CCCCBr. The van der Waals surface area contributed by atoms with Crippen LogP contribution in [0, 0.1) is 0 Å². The summed E-state index contributed by atoms with van der Waals surface area (Å²) in [6.45, 7) is 2.18. The van der Waals surface area contributed by atoms with E-state index in [9.17, 15) is 0 Å². The minimum absolute atomic E-state index is 0.952. The van der Waals surface area contributed by atoms with Gasteiger partial charge in [-0.25, -0.2) is 0 Å². The third-order valence-electron chi connectivity index (χ3n) is 1.48. The molecule has 1 aromatic carbocycles. The van der Waals surface area contributed by atoms with Gasteiger partial charge in [-0.2, -0.15) is 0 Å². The smallest absolute Gasteiger partial charge is 0.0283 e. The lowest BCUT2D eigenvalue weighted by Gasteiger charge is -1.88. The van der Waals surface area contributed by atoms with Crippen molar-refractivity contribution in [1.82, 2.24) is 0 Å². The summed E-state index contributed by atoms with van der Waals surface area (Å²) in [5.41, 5.74) is 1.33. The second kappa shape index (κ2) is 10.3. The highest BCUT2D eigenvalue weighted by Crippen LogP contribution is 2.02. The van der Waals surface area contributed by atoms with E-state index in [0.717, 1.165) is 10.7 Å². The molecule has 2 heteroatoms. The first-order valence-electron chi connectivity index (χ1n) is 4.51. The fraction of sp³-hybridized carbons (Fsp3) is 0.455. The average Bonchev–Trinajstić information content (AvgIpc) is 2.21. The van der Waals surface area contributed by atoms with Gasteiger partial charge in [0.25, 0.3) is 0 Å². The van der Waals surface area contributed by atoms with Crippen molar-refractivity contribution in [1.29, 1.82) is 0 Å². The van der Waals surface area contributed by atoms with Crippen molar-refractivity contribution in [2.45, 2.75) is 25.1 Å². The molecule has 0 atom stereocenters. The molecule has 0 aliphatic heterocycles. The molecule has 0 aliphatic carbocycles. The number of halogens is 2. The zero-order chi connectivity index (χ0) is 9.94. The first-order chi connectivity index (χ1) is 6.35. The van der Waals surface area contributed by atoms with Crippen LogP contribution in [0.15, 0.2) is 30.3 Å². The molecule has 13 heavy (non-hydrogen) atoms. The van der Waals surface area contributed by atoms with E-state index in [0.29, 0.717) is 0 Å². The molecule has 0 saturated carbocycles. The molecule has 1 aromatic rings. The third kappa shape index (κ3) is 8.51. The molecule has 74 valence electrons. The summed E-state index contributed by atoms with van der Waals surface area (Å²) in [7, 11) is 0. The van der Waals surface area contributed by atoms with Crippen LogP contribution in [0.4, 0.5) is 0 Å². The van der Waals surface area contributed by atoms with Gasteiger partial charge < -0.3 is 0 Å². The predicted octanol–water partition coefficient (Wildman–Crippen LogP) is 4.76. The second-order valence-electron chi connectivity index (χ2n) is 2.66. The second-order valence-corrected chi connectivity index (χ2v) is 4.02. The fourth-order valence-corrected chi connectivity index (χ4v) is 1.64. The Balaban J connectivity index is 0.000000252. The van der Waals surface area contributed by atoms with E-state index in [4.69, 9.17) is 0 Å².